The smallest absolute Gasteiger partial charge is 0.335 e. The molecule has 86 valence electrons. The van der Waals surface area contributed by atoms with Gasteiger partial charge in [0.25, 0.3) is 0 Å². The number of halogens is 1. The van der Waals surface area contributed by atoms with Gasteiger partial charge in [-0.05, 0) is 47.9 Å². The molecule has 2 nitrogen and oxygen atoms in total. The Morgan fingerprint density at radius 3 is 2.29 bits per heavy atom. The van der Waals surface area contributed by atoms with Gasteiger partial charge in [-0.15, -0.1) is 0 Å². The first-order valence-corrected chi connectivity index (χ1v) is 5.17. The van der Waals surface area contributed by atoms with Gasteiger partial charge >= 0.3 is 5.97 Å². The van der Waals surface area contributed by atoms with Crippen molar-refractivity contribution >= 4 is 5.97 Å². The number of carbonyl (C=O) groups is 1. The molecule has 0 spiro atoms. The summed E-state index contributed by atoms with van der Waals surface area (Å²) in [5.74, 6) is -1.27. The number of aryl methyl sites for hydroxylation is 1. The number of benzene rings is 2. The highest BCUT2D eigenvalue weighted by molar-refractivity contribution is 5.89. The van der Waals surface area contributed by atoms with Gasteiger partial charge in [-0.3, -0.25) is 0 Å². The minimum absolute atomic E-state index is 0.240. The van der Waals surface area contributed by atoms with Crippen molar-refractivity contribution in [3.05, 3.63) is 59.4 Å². The molecule has 2 aromatic rings. The van der Waals surface area contributed by atoms with E-state index < -0.39 is 5.97 Å². The molecule has 0 aromatic heterocycles. The maximum Gasteiger partial charge on any atom is 0.335 e. The molecule has 0 aliphatic heterocycles. The van der Waals surface area contributed by atoms with E-state index in [4.69, 9.17) is 5.11 Å². The van der Waals surface area contributed by atoms with E-state index in [-0.39, 0.29) is 11.4 Å². The topological polar surface area (TPSA) is 37.3 Å². The molecule has 0 unspecified atom stereocenters. The second-order valence-electron chi connectivity index (χ2n) is 3.90. The second kappa shape index (κ2) is 4.37. The van der Waals surface area contributed by atoms with E-state index in [2.05, 4.69) is 0 Å². The summed E-state index contributed by atoms with van der Waals surface area (Å²) in [4.78, 5) is 10.9. The molecule has 0 radical (unpaired) electrons. The molecule has 0 heterocycles. The fourth-order valence-corrected chi connectivity index (χ4v) is 1.72. The quantitative estimate of drug-likeness (QED) is 0.857. The summed E-state index contributed by atoms with van der Waals surface area (Å²) in [5, 5.41) is 8.96. The van der Waals surface area contributed by atoms with Crippen LogP contribution in [0.15, 0.2) is 42.5 Å². The Balaban J connectivity index is 2.51. The van der Waals surface area contributed by atoms with Crippen molar-refractivity contribution in [3.8, 4) is 11.1 Å². The minimum atomic E-state index is -0.961. The summed E-state index contributed by atoms with van der Waals surface area (Å²) in [7, 11) is 0. The SMILES string of the molecule is Cc1cc(C(=O)O)cc(-c2ccc(F)cc2)c1. The Morgan fingerprint density at radius 1 is 1.06 bits per heavy atom. The van der Waals surface area contributed by atoms with E-state index in [1.165, 1.54) is 12.1 Å². The van der Waals surface area contributed by atoms with Crippen LogP contribution >= 0.6 is 0 Å². The molecule has 0 fully saturated rings. The van der Waals surface area contributed by atoms with Crippen LogP contribution in [-0.2, 0) is 0 Å². The lowest BCUT2D eigenvalue weighted by atomic mass is 10.0. The molecule has 0 amide bonds. The molecule has 17 heavy (non-hydrogen) atoms. The molecule has 0 aliphatic rings. The Hall–Kier alpha value is -2.16. The Bertz CT molecular complexity index is 559. The van der Waals surface area contributed by atoms with Crippen molar-refractivity contribution in [3.63, 3.8) is 0 Å². The zero-order chi connectivity index (χ0) is 12.4. The highest BCUT2D eigenvalue weighted by atomic mass is 19.1. The summed E-state index contributed by atoms with van der Waals surface area (Å²) in [6.07, 6.45) is 0. The van der Waals surface area contributed by atoms with Crippen LogP contribution in [0.1, 0.15) is 15.9 Å². The highest BCUT2D eigenvalue weighted by Crippen LogP contribution is 2.22. The van der Waals surface area contributed by atoms with Crippen molar-refractivity contribution in [1.29, 1.82) is 0 Å². The van der Waals surface area contributed by atoms with E-state index in [9.17, 15) is 9.18 Å². The fraction of sp³-hybridized carbons (Fsp3) is 0.0714. The molecule has 0 saturated carbocycles. The van der Waals surface area contributed by atoms with Gasteiger partial charge in [0.2, 0.25) is 0 Å². The average molecular weight is 230 g/mol. The van der Waals surface area contributed by atoms with Gasteiger partial charge in [-0.2, -0.15) is 0 Å². The van der Waals surface area contributed by atoms with Gasteiger partial charge in [-0.25, -0.2) is 9.18 Å². The van der Waals surface area contributed by atoms with Crippen LogP contribution in [0, 0.1) is 12.7 Å². The standard InChI is InChI=1S/C14H11FO2/c1-9-6-11(8-12(7-9)14(16)17)10-2-4-13(15)5-3-10/h2-8H,1H3,(H,16,17). The molecule has 2 aromatic carbocycles. The molecule has 0 atom stereocenters. The fourth-order valence-electron chi connectivity index (χ4n) is 1.72. The van der Waals surface area contributed by atoms with Crippen molar-refractivity contribution in [2.24, 2.45) is 0 Å². The summed E-state index contributed by atoms with van der Waals surface area (Å²) < 4.78 is 12.8. The first-order chi connectivity index (χ1) is 8.06. The number of hydrogen-bond donors (Lipinski definition) is 1. The van der Waals surface area contributed by atoms with Crippen molar-refractivity contribution in [2.45, 2.75) is 6.92 Å². The van der Waals surface area contributed by atoms with E-state index in [0.29, 0.717) is 0 Å². The maximum absolute atomic E-state index is 12.8. The van der Waals surface area contributed by atoms with Crippen LogP contribution in [0.3, 0.4) is 0 Å². The van der Waals surface area contributed by atoms with Crippen LogP contribution < -0.4 is 0 Å². The van der Waals surface area contributed by atoms with Crippen molar-refractivity contribution < 1.29 is 14.3 Å². The first-order valence-electron chi connectivity index (χ1n) is 5.17. The molecule has 2 rings (SSSR count). The van der Waals surface area contributed by atoms with Crippen LogP contribution in [0.25, 0.3) is 11.1 Å². The Morgan fingerprint density at radius 2 is 1.71 bits per heavy atom. The predicted octanol–water partition coefficient (Wildman–Crippen LogP) is 3.50. The zero-order valence-corrected chi connectivity index (χ0v) is 9.27. The molecular formula is C14H11FO2. The summed E-state index contributed by atoms with van der Waals surface area (Å²) in [6, 6.07) is 11.1. The van der Waals surface area contributed by atoms with Gasteiger partial charge < -0.3 is 5.11 Å². The molecule has 0 saturated heterocycles. The normalized spacial score (nSPS) is 10.2. The third-order valence-corrected chi connectivity index (χ3v) is 2.50. The van der Waals surface area contributed by atoms with Crippen LogP contribution in [0.4, 0.5) is 4.39 Å². The largest absolute Gasteiger partial charge is 0.478 e. The summed E-state index contributed by atoms with van der Waals surface area (Å²) >= 11 is 0. The van der Waals surface area contributed by atoms with Gasteiger partial charge in [-0.1, -0.05) is 18.2 Å². The van der Waals surface area contributed by atoms with E-state index >= 15 is 0 Å². The third-order valence-electron chi connectivity index (χ3n) is 2.50. The third kappa shape index (κ3) is 2.50. The Labute approximate surface area is 98.3 Å². The van der Waals surface area contributed by atoms with Crippen molar-refractivity contribution in [2.75, 3.05) is 0 Å². The average Bonchev–Trinajstić information content (AvgIpc) is 2.29. The second-order valence-corrected chi connectivity index (χ2v) is 3.90. The lowest BCUT2D eigenvalue weighted by molar-refractivity contribution is 0.0697. The van der Waals surface area contributed by atoms with Crippen molar-refractivity contribution in [1.82, 2.24) is 0 Å². The lowest BCUT2D eigenvalue weighted by Crippen LogP contribution is -1.97. The van der Waals surface area contributed by atoms with Gasteiger partial charge in [0.15, 0.2) is 0 Å². The van der Waals surface area contributed by atoms with Gasteiger partial charge in [0, 0.05) is 0 Å². The minimum Gasteiger partial charge on any atom is -0.478 e. The zero-order valence-electron chi connectivity index (χ0n) is 9.27. The Kier molecular flexibility index (Phi) is 2.91. The van der Waals surface area contributed by atoms with Crippen LogP contribution in [0.2, 0.25) is 0 Å². The molecule has 3 heteroatoms. The van der Waals surface area contributed by atoms with E-state index in [0.717, 1.165) is 16.7 Å². The van der Waals surface area contributed by atoms with Gasteiger partial charge in [0.05, 0.1) is 5.56 Å². The summed E-state index contributed by atoms with van der Waals surface area (Å²) in [5.41, 5.74) is 2.69. The number of carboxylic acid groups (broad SMARTS) is 1. The number of hydrogen-bond acceptors (Lipinski definition) is 1. The first kappa shape index (κ1) is 11.3. The monoisotopic (exact) mass is 230 g/mol. The molecular weight excluding hydrogens is 219 g/mol. The lowest BCUT2D eigenvalue weighted by Gasteiger charge is -2.05. The van der Waals surface area contributed by atoms with Crippen LogP contribution in [0.5, 0.6) is 0 Å². The molecule has 1 N–H and O–H groups in total. The number of rotatable bonds is 2. The number of aromatic carboxylic acids is 1. The summed E-state index contributed by atoms with van der Waals surface area (Å²) in [6.45, 7) is 1.83. The number of carboxylic acids is 1. The maximum atomic E-state index is 12.8. The van der Waals surface area contributed by atoms with E-state index in [1.807, 2.05) is 13.0 Å². The highest BCUT2D eigenvalue weighted by Gasteiger charge is 2.06. The van der Waals surface area contributed by atoms with Gasteiger partial charge in [0.1, 0.15) is 5.82 Å². The molecule has 0 aliphatic carbocycles. The molecule has 0 bridgehead atoms. The van der Waals surface area contributed by atoms with Crippen LogP contribution in [-0.4, -0.2) is 11.1 Å². The van der Waals surface area contributed by atoms with E-state index in [1.54, 1.807) is 24.3 Å². The predicted molar refractivity (Wildman–Crippen MR) is 63.5 cm³/mol.